The number of alkyl halides is 3. The maximum atomic E-state index is 12.9. The molecule has 0 radical (unpaired) electrons. The molecular weight excluding hydrogens is 283 g/mol. The summed E-state index contributed by atoms with van der Waals surface area (Å²) in [7, 11) is 3.55. The Labute approximate surface area is 122 Å². The third-order valence-corrected chi connectivity index (χ3v) is 3.80. The summed E-state index contributed by atoms with van der Waals surface area (Å²) in [6, 6.07) is 1.35. The van der Waals surface area contributed by atoms with Crippen molar-refractivity contribution in [3.05, 3.63) is 11.8 Å². The van der Waals surface area contributed by atoms with Gasteiger partial charge < -0.3 is 10.2 Å². The number of likely N-dealkylation sites (N-methyl/N-ethyl adjacent to an activating group) is 1. The Kier molecular flexibility index (Phi) is 4.55. The molecule has 1 unspecified atom stereocenters. The minimum absolute atomic E-state index is 0.00759. The van der Waals surface area contributed by atoms with Gasteiger partial charge in [0.2, 0.25) is 5.95 Å². The number of anilines is 2. The van der Waals surface area contributed by atoms with Crippen LogP contribution < -0.4 is 10.2 Å². The summed E-state index contributed by atoms with van der Waals surface area (Å²) < 4.78 is 38.7. The average molecular weight is 303 g/mol. The van der Waals surface area contributed by atoms with Crippen molar-refractivity contribution < 1.29 is 13.2 Å². The largest absolute Gasteiger partial charge is 0.433 e. The molecule has 1 aromatic rings. The van der Waals surface area contributed by atoms with E-state index < -0.39 is 11.9 Å². The van der Waals surface area contributed by atoms with Crippen LogP contribution in [-0.2, 0) is 6.18 Å². The van der Waals surface area contributed by atoms with E-state index in [1.54, 1.807) is 0 Å². The molecule has 1 aliphatic rings. The van der Waals surface area contributed by atoms with Crippen LogP contribution in [-0.4, -0.2) is 54.6 Å². The first-order valence-corrected chi connectivity index (χ1v) is 6.94. The van der Waals surface area contributed by atoms with E-state index in [1.807, 2.05) is 11.9 Å². The highest BCUT2D eigenvalue weighted by Crippen LogP contribution is 2.31. The number of rotatable bonds is 3. The fourth-order valence-electron chi connectivity index (χ4n) is 2.45. The first kappa shape index (κ1) is 15.8. The van der Waals surface area contributed by atoms with E-state index in [1.165, 1.54) is 7.05 Å². The van der Waals surface area contributed by atoms with Crippen LogP contribution in [0.3, 0.4) is 0 Å². The number of nitrogens with zero attached hydrogens (tertiary/aromatic N) is 4. The molecule has 5 nitrogen and oxygen atoms in total. The van der Waals surface area contributed by atoms with Crippen LogP contribution in [0.2, 0.25) is 0 Å². The second-order valence-electron chi connectivity index (χ2n) is 5.17. The van der Waals surface area contributed by atoms with Crippen molar-refractivity contribution in [2.75, 3.05) is 43.9 Å². The Balaban J connectivity index is 2.30. The molecule has 1 fully saturated rings. The number of hydrogen-bond donors (Lipinski definition) is 1. The average Bonchev–Trinajstić information content (AvgIpc) is 2.46. The molecule has 1 aromatic heterocycles. The normalized spacial score (nSPS) is 20.7. The molecule has 1 atom stereocenters. The van der Waals surface area contributed by atoms with Crippen LogP contribution in [0.15, 0.2) is 6.07 Å². The van der Waals surface area contributed by atoms with Crippen molar-refractivity contribution in [1.82, 2.24) is 14.9 Å². The Morgan fingerprint density at radius 3 is 2.62 bits per heavy atom. The van der Waals surface area contributed by atoms with Gasteiger partial charge in [-0.2, -0.15) is 18.2 Å². The molecule has 0 saturated carbocycles. The molecule has 118 valence electrons. The van der Waals surface area contributed by atoms with Gasteiger partial charge in [0, 0.05) is 38.8 Å². The molecule has 2 rings (SSSR count). The highest BCUT2D eigenvalue weighted by molar-refractivity contribution is 5.46. The number of aromatic nitrogens is 2. The third-order valence-electron chi connectivity index (χ3n) is 3.80. The van der Waals surface area contributed by atoms with E-state index in [0.29, 0.717) is 24.9 Å². The van der Waals surface area contributed by atoms with Gasteiger partial charge in [-0.05, 0) is 13.5 Å². The monoisotopic (exact) mass is 303 g/mol. The van der Waals surface area contributed by atoms with Crippen molar-refractivity contribution in [1.29, 1.82) is 0 Å². The minimum Gasteiger partial charge on any atom is -0.357 e. The smallest absolute Gasteiger partial charge is 0.357 e. The molecule has 0 spiro atoms. The summed E-state index contributed by atoms with van der Waals surface area (Å²) >= 11 is 0. The van der Waals surface area contributed by atoms with E-state index in [0.717, 1.165) is 19.0 Å². The number of halogens is 3. The van der Waals surface area contributed by atoms with Crippen molar-refractivity contribution in [2.45, 2.75) is 25.6 Å². The van der Waals surface area contributed by atoms with Crippen molar-refractivity contribution >= 4 is 11.8 Å². The molecule has 0 aliphatic carbocycles. The molecule has 0 amide bonds. The van der Waals surface area contributed by atoms with Crippen LogP contribution in [0.1, 0.15) is 19.0 Å². The van der Waals surface area contributed by atoms with Crippen LogP contribution >= 0.6 is 0 Å². The van der Waals surface area contributed by atoms with Gasteiger partial charge in [0.1, 0.15) is 5.82 Å². The van der Waals surface area contributed by atoms with Gasteiger partial charge in [-0.15, -0.1) is 0 Å². The van der Waals surface area contributed by atoms with Crippen LogP contribution in [0.4, 0.5) is 24.9 Å². The van der Waals surface area contributed by atoms with Crippen molar-refractivity contribution in [3.8, 4) is 0 Å². The second-order valence-corrected chi connectivity index (χ2v) is 5.17. The number of nitrogens with one attached hydrogen (secondary N) is 1. The van der Waals surface area contributed by atoms with E-state index in [-0.39, 0.29) is 5.95 Å². The van der Waals surface area contributed by atoms with Crippen LogP contribution in [0.25, 0.3) is 0 Å². The molecule has 0 bridgehead atoms. The van der Waals surface area contributed by atoms with E-state index >= 15 is 0 Å². The fraction of sp³-hybridized carbons (Fsp3) is 0.692. The minimum atomic E-state index is -4.47. The van der Waals surface area contributed by atoms with Gasteiger partial charge in [-0.25, -0.2) is 4.98 Å². The summed E-state index contributed by atoms with van der Waals surface area (Å²) in [4.78, 5) is 11.8. The lowest BCUT2D eigenvalue weighted by molar-refractivity contribution is -0.141. The van der Waals surface area contributed by atoms with Crippen LogP contribution in [0, 0.1) is 0 Å². The van der Waals surface area contributed by atoms with E-state index in [9.17, 15) is 13.2 Å². The molecular formula is C13H20F3N5. The summed E-state index contributed by atoms with van der Waals surface area (Å²) in [5.74, 6) is 0.319. The van der Waals surface area contributed by atoms with Gasteiger partial charge in [0.05, 0.1) is 0 Å². The zero-order chi connectivity index (χ0) is 15.6. The Bertz CT molecular complexity index is 491. The van der Waals surface area contributed by atoms with Crippen molar-refractivity contribution in [2.24, 2.45) is 0 Å². The quantitative estimate of drug-likeness (QED) is 0.926. The lowest BCUT2D eigenvalue weighted by Gasteiger charge is -2.39. The van der Waals surface area contributed by atoms with Gasteiger partial charge in [0.25, 0.3) is 0 Å². The summed E-state index contributed by atoms with van der Waals surface area (Å²) in [6.45, 7) is 4.21. The van der Waals surface area contributed by atoms with E-state index in [4.69, 9.17) is 0 Å². The number of piperazine rings is 1. The second kappa shape index (κ2) is 6.05. The standard InChI is InChI=1S/C13H20F3N5/c1-4-9-8-21(6-5-20(9)3)11-7-10(13(14,15)16)18-12(17-2)19-11/h7,9H,4-6,8H2,1-3H3,(H,17,18,19). The molecule has 0 aromatic carbocycles. The zero-order valence-electron chi connectivity index (χ0n) is 12.4. The third kappa shape index (κ3) is 3.55. The van der Waals surface area contributed by atoms with Gasteiger partial charge in [-0.3, -0.25) is 4.90 Å². The molecule has 1 aliphatic heterocycles. The highest BCUT2D eigenvalue weighted by atomic mass is 19.4. The Hall–Kier alpha value is -1.57. The molecule has 1 saturated heterocycles. The predicted octanol–water partition coefficient (Wildman–Crippen LogP) is 2.07. The maximum absolute atomic E-state index is 12.9. The fourth-order valence-corrected chi connectivity index (χ4v) is 2.45. The zero-order valence-corrected chi connectivity index (χ0v) is 12.4. The maximum Gasteiger partial charge on any atom is 0.433 e. The molecule has 1 N–H and O–H groups in total. The van der Waals surface area contributed by atoms with E-state index in [2.05, 4.69) is 27.1 Å². The Morgan fingerprint density at radius 1 is 1.33 bits per heavy atom. The topological polar surface area (TPSA) is 44.3 Å². The first-order chi connectivity index (χ1) is 9.85. The molecule has 2 heterocycles. The summed E-state index contributed by atoms with van der Waals surface area (Å²) in [5.41, 5.74) is -0.913. The molecule has 8 heteroatoms. The lowest BCUT2D eigenvalue weighted by atomic mass is 10.1. The first-order valence-electron chi connectivity index (χ1n) is 6.94. The Morgan fingerprint density at radius 2 is 2.05 bits per heavy atom. The van der Waals surface area contributed by atoms with Crippen LogP contribution in [0.5, 0.6) is 0 Å². The predicted molar refractivity (Wildman–Crippen MR) is 75.5 cm³/mol. The van der Waals surface area contributed by atoms with Gasteiger partial charge in [-0.1, -0.05) is 6.92 Å². The van der Waals surface area contributed by atoms with Gasteiger partial charge >= 0.3 is 6.18 Å². The highest BCUT2D eigenvalue weighted by Gasteiger charge is 2.34. The number of hydrogen-bond acceptors (Lipinski definition) is 5. The lowest BCUT2D eigenvalue weighted by Crippen LogP contribution is -2.51. The summed E-state index contributed by atoms with van der Waals surface area (Å²) in [6.07, 6.45) is -3.52. The summed E-state index contributed by atoms with van der Waals surface area (Å²) in [5, 5.41) is 2.59. The molecule has 21 heavy (non-hydrogen) atoms. The SMILES string of the molecule is CCC1CN(c2cc(C(F)(F)F)nc(NC)n2)CCN1C. The van der Waals surface area contributed by atoms with Crippen molar-refractivity contribution in [3.63, 3.8) is 0 Å². The van der Waals surface area contributed by atoms with Gasteiger partial charge in [0.15, 0.2) is 5.69 Å².